The Morgan fingerprint density at radius 3 is 2.37 bits per heavy atom. The topological polar surface area (TPSA) is 49.9 Å². The molecule has 1 heterocycles. The highest BCUT2D eigenvalue weighted by molar-refractivity contribution is 6.32. The number of halogens is 1. The van der Waals surface area contributed by atoms with E-state index < -0.39 is 0 Å². The van der Waals surface area contributed by atoms with E-state index in [4.69, 9.17) is 16.3 Å². The van der Waals surface area contributed by atoms with Crippen molar-refractivity contribution in [3.63, 3.8) is 0 Å². The monoisotopic (exact) mass is 386 g/mol. The number of carbonyl (C=O) groups excluding carboxylic acids is 2. The van der Waals surface area contributed by atoms with Crippen LogP contribution in [0, 0.1) is 0 Å². The number of amides is 2. The van der Waals surface area contributed by atoms with Crippen LogP contribution >= 0.6 is 11.6 Å². The van der Waals surface area contributed by atoms with Gasteiger partial charge >= 0.3 is 0 Å². The zero-order chi connectivity index (χ0) is 19.2. The standard InChI is InChI=1S/C21H23ClN2O3/c1-16(25)23-10-5-11-24(13-12-23)21(26)15-27-20-9-8-18(14-19(20)22)17-6-3-2-4-7-17/h2-4,6-9,14H,5,10-13,15H2,1H3. The summed E-state index contributed by atoms with van der Waals surface area (Å²) in [7, 11) is 0. The summed E-state index contributed by atoms with van der Waals surface area (Å²) in [6, 6.07) is 15.5. The maximum Gasteiger partial charge on any atom is 0.260 e. The molecular weight excluding hydrogens is 364 g/mol. The van der Waals surface area contributed by atoms with Crippen molar-refractivity contribution in [2.75, 3.05) is 32.8 Å². The lowest BCUT2D eigenvalue weighted by molar-refractivity contribution is -0.134. The van der Waals surface area contributed by atoms with Crippen molar-refractivity contribution in [1.29, 1.82) is 0 Å². The van der Waals surface area contributed by atoms with Gasteiger partial charge < -0.3 is 14.5 Å². The minimum absolute atomic E-state index is 0.0471. The normalized spacial score (nSPS) is 14.6. The zero-order valence-electron chi connectivity index (χ0n) is 15.4. The minimum Gasteiger partial charge on any atom is -0.482 e. The van der Waals surface area contributed by atoms with Crippen molar-refractivity contribution in [2.24, 2.45) is 0 Å². The third kappa shape index (κ3) is 5.01. The molecule has 142 valence electrons. The predicted octanol–water partition coefficient (Wildman–Crippen LogP) is 3.47. The first-order valence-electron chi connectivity index (χ1n) is 9.05. The molecule has 2 aromatic carbocycles. The molecular formula is C21H23ClN2O3. The van der Waals surface area contributed by atoms with Gasteiger partial charge in [0.25, 0.3) is 5.91 Å². The number of ether oxygens (including phenoxy) is 1. The first-order chi connectivity index (χ1) is 13.0. The number of hydrogen-bond acceptors (Lipinski definition) is 3. The highest BCUT2D eigenvalue weighted by Crippen LogP contribution is 2.30. The number of nitrogens with zero attached hydrogens (tertiary/aromatic N) is 2. The SMILES string of the molecule is CC(=O)N1CCCN(C(=O)COc2ccc(-c3ccccc3)cc2Cl)CC1. The Balaban J connectivity index is 1.58. The van der Waals surface area contributed by atoms with E-state index in [1.54, 1.807) is 22.8 Å². The summed E-state index contributed by atoms with van der Waals surface area (Å²) in [5, 5.41) is 0.475. The molecule has 0 saturated carbocycles. The molecule has 5 nitrogen and oxygen atoms in total. The molecule has 0 spiro atoms. The number of benzene rings is 2. The minimum atomic E-state index is -0.0939. The molecule has 0 aromatic heterocycles. The summed E-state index contributed by atoms with van der Waals surface area (Å²) in [5.41, 5.74) is 2.07. The fraction of sp³-hybridized carbons (Fsp3) is 0.333. The van der Waals surface area contributed by atoms with Crippen LogP contribution in [-0.2, 0) is 9.59 Å². The quantitative estimate of drug-likeness (QED) is 0.808. The fourth-order valence-electron chi connectivity index (χ4n) is 3.14. The summed E-state index contributed by atoms with van der Waals surface area (Å²) in [5.74, 6) is 0.444. The predicted molar refractivity (Wildman–Crippen MR) is 106 cm³/mol. The number of hydrogen-bond donors (Lipinski definition) is 0. The van der Waals surface area contributed by atoms with E-state index in [1.807, 2.05) is 42.5 Å². The van der Waals surface area contributed by atoms with Crippen LogP contribution < -0.4 is 4.74 Å². The highest BCUT2D eigenvalue weighted by Gasteiger charge is 2.20. The summed E-state index contributed by atoms with van der Waals surface area (Å²) < 4.78 is 5.65. The maximum atomic E-state index is 12.5. The van der Waals surface area contributed by atoms with Gasteiger partial charge in [0.2, 0.25) is 5.91 Å². The van der Waals surface area contributed by atoms with Crippen LogP contribution in [-0.4, -0.2) is 54.4 Å². The summed E-state index contributed by atoms with van der Waals surface area (Å²) in [4.78, 5) is 27.5. The first kappa shape index (κ1) is 19.2. The van der Waals surface area contributed by atoms with Gasteiger partial charge in [-0.1, -0.05) is 48.0 Å². The van der Waals surface area contributed by atoms with Gasteiger partial charge in [0.05, 0.1) is 5.02 Å². The largest absolute Gasteiger partial charge is 0.482 e. The molecule has 2 aromatic rings. The molecule has 0 N–H and O–H groups in total. The molecule has 6 heteroatoms. The van der Waals surface area contributed by atoms with E-state index in [-0.39, 0.29) is 18.4 Å². The second kappa shape index (κ2) is 8.91. The van der Waals surface area contributed by atoms with Gasteiger partial charge in [0.1, 0.15) is 5.75 Å². The third-order valence-electron chi connectivity index (χ3n) is 4.68. The molecule has 3 rings (SSSR count). The fourth-order valence-corrected chi connectivity index (χ4v) is 3.38. The van der Waals surface area contributed by atoms with Crippen LogP contribution in [0.15, 0.2) is 48.5 Å². The Bertz CT molecular complexity index is 810. The Morgan fingerprint density at radius 1 is 0.963 bits per heavy atom. The second-order valence-electron chi connectivity index (χ2n) is 6.54. The zero-order valence-corrected chi connectivity index (χ0v) is 16.1. The van der Waals surface area contributed by atoms with Gasteiger partial charge in [0, 0.05) is 33.1 Å². The van der Waals surface area contributed by atoms with Gasteiger partial charge in [-0.05, 0) is 29.7 Å². The summed E-state index contributed by atoms with van der Waals surface area (Å²) in [6.07, 6.45) is 0.776. The van der Waals surface area contributed by atoms with E-state index in [0.717, 1.165) is 17.5 Å². The van der Waals surface area contributed by atoms with Gasteiger partial charge in [-0.25, -0.2) is 0 Å². The van der Waals surface area contributed by atoms with E-state index in [9.17, 15) is 9.59 Å². The second-order valence-corrected chi connectivity index (χ2v) is 6.95. The number of rotatable bonds is 4. The molecule has 1 saturated heterocycles. The van der Waals surface area contributed by atoms with Gasteiger partial charge in [0.15, 0.2) is 6.61 Å². The molecule has 1 fully saturated rings. The van der Waals surface area contributed by atoms with Crippen LogP contribution in [0.5, 0.6) is 5.75 Å². The molecule has 0 unspecified atom stereocenters. The van der Waals surface area contributed by atoms with Crippen molar-refractivity contribution in [2.45, 2.75) is 13.3 Å². The van der Waals surface area contributed by atoms with Crippen LogP contribution in [0.3, 0.4) is 0 Å². The van der Waals surface area contributed by atoms with Crippen molar-refractivity contribution in [3.05, 3.63) is 53.6 Å². The van der Waals surface area contributed by atoms with Gasteiger partial charge in [-0.15, -0.1) is 0 Å². The molecule has 0 radical (unpaired) electrons. The molecule has 27 heavy (non-hydrogen) atoms. The Hall–Kier alpha value is -2.53. The summed E-state index contributed by atoms with van der Waals surface area (Å²) >= 11 is 6.33. The van der Waals surface area contributed by atoms with E-state index in [1.165, 1.54) is 0 Å². The van der Waals surface area contributed by atoms with Crippen molar-refractivity contribution >= 4 is 23.4 Å². The van der Waals surface area contributed by atoms with E-state index >= 15 is 0 Å². The lowest BCUT2D eigenvalue weighted by Crippen LogP contribution is -2.38. The Morgan fingerprint density at radius 2 is 1.67 bits per heavy atom. The van der Waals surface area contributed by atoms with E-state index in [0.29, 0.717) is 37.0 Å². The third-order valence-corrected chi connectivity index (χ3v) is 4.98. The van der Waals surface area contributed by atoms with Crippen LogP contribution in [0.2, 0.25) is 5.02 Å². The first-order valence-corrected chi connectivity index (χ1v) is 9.43. The van der Waals surface area contributed by atoms with Gasteiger partial charge in [-0.2, -0.15) is 0 Å². The van der Waals surface area contributed by atoms with Crippen molar-refractivity contribution in [1.82, 2.24) is 9.80 Å². The lowest BCUT2D eigenvalue weighted by atomic mass is 10.1. The number of carbonyl (C=O) groups is 2. The molecule has 2 amide bonds. The van der Waals surface area contributed by atoms with Crippen LogP contribution in [0.1, 0.15) is 13.3 Å². The van der Waals surface area contributed by atoms with Crippen molar-refractivity contribution in [3.8, 4) is 16.9 Å². The average Bonchev–Trinajstić information content (AvgIpc) is 2.94. The maximum absolute atomic E-state index is 12.5. The van der Waals surface area contributed by atoms with Gasteiger partial charge in [-0.3, -0.25) is 9.59 Å². The Labute approximate surface area is 164 Å². The average molecular weight is 387 g/mol. The highest BCUT2D eigenvalue weighted by atomic mass is 35.5. The van der Waals surface area contributed by atoms with Crippen LogP contribution in [0.25, 0.3) is 11.1 Å². The molecule has 0 bridgehead atoms. The molecule has 1 aliphatic rings. The van der Waals surface area contributed by atoms with Crippen molar-refractivity contribution < 1.29 is 14.3 Å². The molecule has 0 aliphatic carbocycles. The molecule has 1 aliphatic heterocycles. The Kier molecular flexibility index (Phi) is 6.35. The van der Waals surface area contributed by atoms with Crippen LogP contribution in [0.4, 0.5) is 0 Å². The summed E-state index contributed by atoms with van der Waals surface area (Å²) in [6.45, 7) is 3.90. The smallest absolute Gasteiger partial charge is 0.260 e. The lowest BCUT2D eigenvalue weighted by Gasteiger charge is -2.21. The molecule has 0 atom stereocenters. The van der Waals surface area contributed by atoms with E-state index in [2.05, 4.69) is 0 Å².